The van der Waals surface area contributed by atoms with E-state index < -0.39 is 11.5 Å². The van der Waals surface area contributed by atoms with Gasteiger partial charge in [0.2, 0.25) is 17.6 Å². The molecule has 1 aromatic heterocycles. The van der Waals surface area contributed by atoms with E-state index in [0.717, 1.165) is 12.0 Å². The Hall–Kier alpha value is -2.41. The Morgan fingerprint density at radius 2 is 2.00 bits per heavy atom. The highest BCUT2D eigenvalue weighted by molar-refractivity contribution is 6.30. The zero-order valence-electron chi connectivity index (χ0n) is 15.0. The summed E-state index contributed by atoms with van der Waals surface area (Å²) in [4.78, 5) is 28.4. The number of carbonyl (C=O) groups excluding carboxylic acids is 2. The molecular weight excluding hydrogens is 358 g/mol. The van der Waals surface area contributed by atoms with Crippen LogP contribution >= 0.6 is 11.6 Å². The molecule has 2 rings (SSSR count). The van der Waals surface area contributed by atoms with E-state index in [0.29, 0.717) is 23.2 Å². The Morgan fingerprint density at radius 1 is 1.31 bits per heavy atom. The molecule has 0 fully saturated rings. The molecule has 0 saturated carbocycles. The Balaban J connectivity index is 1.95. The Morgan fingerprint density at radius 3 is 2.62 bits per heavy atom. The number of aryl methyl sites for hydroxylation is 1. The van der Waals surface area contributed by atoms with Gasteiger partial charge in [0, 0.05) is 23.4 Å². The fraction of sp³-hybridized carbons (Fsp3) is 0.444. The summed E-state index contributed by atoms with van der Waals surface area (Å²) in [6.45, 7) is 3.59. The first-order valence-electron chi connectivity index (χ1n) is 8.36. The van der Waals surface area contributed by atoms with Crippen molar-refractivity contribution in [3.63, 3.8) is 0 Å². The molecule has 2 aromatic rings. The lowest BCUT2D eigenvalue weighted by atomic mass is 9.96. The predicted octanol–water partition coefficient (Wildman–Crippen LogP) is 3.17. The summed E-state index contributed by atoms with van der Waals surface area (Å²) >= 11 is 5.86. The Bertz CT molecular complexity index is 760. The highest BCUT2D eigenvalue weighted by atomic mass is 35.5. The number of ether oxygens (including phenoxy) is 1. The smallest absolute Gasteiger partial charge is 0.331 e. The van der Waals surface area contributed by atoms with Gasteiger partial charge in [0.05, 0.1) is 7.11 Å². The van der Waals surface area contributed by atoms with E-state index in [9.17, 15) is 9.59 Å². The number of carbonyl (C=O) groups is 2. The number of halogens is 1. The van der Waals surface area contributed by atoms with E-state index in [4.69, 9.17) is 20.9 Å². The fourth-order valence-corrected chi connectivity index (χ4v) is 2.73. The summed E-state index contributed by atoms with van der Waals surface area (Å²) < 4.78 is 9.97. The van der Waals surface area contributed by atoms with Crippen LogP contribution < -0.4 is 5.32 Å². The molecule has 26 heavy (non-hydrogen) atoms. The van der Waals surface area contributed by atoms with Crippen LogP contribution in [0.25, 0.3) is 11.4 Å². The maximum absolute atomic E-state index is 12.2. The van der Waals surface area contributed by atoms with Crippen molar-refractivity contribution < 1.29 is 18.8 Å². The highest BCUT2D eigenvalue weighted by Crippen LogP contribution is 2.19. The normalized spacial score (nSPS) is 13.1. The lowest BCUT2D eigenvalue weighted by Gasteiger charge is -2.27. The van der Waals surface area contributed by atoms with Gasteiger partial charge in [-0.25, -0.2) is 4.79 Å². The average molecular weight is 380 g/mol. The molecule has 0 saturated heterocycles. The molecule has 7 nitrogen and oxygen atoms in total. The molecule has 0 aliphatic rings. The van der Waals surface area contributed by atoms with Gasteiger partial charge in [-0.15, -0.1) is 0 Å². The van der Waals surface area contributed by atoms with E-state index >= 15 is 0 Å². The molecule has 0 aliphatic carbocycles. The van der Waals surface area contributed by atoms with Crippen molar-refractivity contribution in [3.8, 4) is 11.4 Å². The number of esters is 1. The van der Waals surface area contributed by atoms with Crippen molar-refractivity contribution in [2.24, 2.45) is 0 Å². The SMILES string of the molecule is CCCC(C)(NC(=O)CCc1nc(-c2ccc(Cl)cc2)no1)C(=O)OC. The molecule has 1 aromatic carbocycles. The minimum Gasteiger partial charge on any atom is -0.467 e. The maximum atomic E-state index is 12.2. The van der Waals surface area contributed by atoms with Crippen LogP contribution in [-0.2, 0) is 20.7 Å². The number of aromatic nitrogens is 2. The third kappa shape index (κ3) is 5.05. The van der Waals surface area contributed by atoms with Crippen molar-refractivity contribution in [1.82, 2.24) is 15.5 Å². The number of amides is 1. The van der Waals surface area contributed by atoms with Crippen LogP contribution in [0.4, 0.5) is 0 Å². The van der Waals surface area contributed by atoms with E-state index in [1.54, 1.807) is 31.2 Å². The largest absolute Gasteiger partial charge is 0.467 e. The van der Waals surface area contributed by atoms with E-state index in [-0.39, 0.29) is 18.7 Å². The molecule has 1 unspecified atom stereocenters. The van der Waals surface area contributed by atoms with Gasteiger partial charge in [0.25, 0.3) is 0 Å². The van der Waals surface area contributed by atoms with Crippen LogP contribution in [-0.4, -0.2) is 34.7 Å². The van der Waals surface area contributed by atoms with Crippen LogP contribution in [0.2, 0.25) is 5.02 Å². The highest BCUT2D eigenvalue weighted by Gasteiger charge is 2.34. The summed E-state index contributed by atoms with van der Waals surface area (Å²) in [5, 5.41) is 7.27. The Kier molecular flexibility index (Phi) is 6.74. The number of hydrogen-bond donors (Lipinski definition) is 1. The van der Waals surface area contributed by atoms with Gasteiger partial charge in [0.1, 0.15) is 5.54 Å². The van der Waals surface area contributed by atoms with Crippen LogP contribution in [0, 0.1) is 0 Å². The van der Waals surface area contributed by atoms with Crippen molar-refractivity contribution >= 4 is 23.5 Å². The second-order valence-electron chi connectivity index (χ2n) is 6.14. The number of hydrogen-bond acceptors (Lipinski definition) is 6. The van der Waals surface area contributed by atoms with E-state index in [2.05, 4.69) is 15.5 Å². The topological polar surface area (TPSA) is 94.3 Å². The zero-order chi connectivity index (χ0) is 19.2. The molecule has 0 bridgehead atoms. The van der Waals surface area contributed by atoms with Crippen LogP contribution in [0.1, 0.15) is 39.0 Å². The van der Waals surface area contributed by atoms with Crippen molar-refractivity contribution in [3.05, 3.63) is 35.2 Å². The number of benzene rings is 1. The number of rotatable bonds is 8. The lowest BCUT2D eigenvalue weighted by molar-refractivity contribution is -0.150. The molecule has 1 amide bonds. The van der Waals surface area contributed by atoms with Gasteiger partial charge in [-0.2, -0.15) is 4.98 Å². The fourth-order valence-electron chi connectivity index (χ4n) is 2.60. The minimum atomic E-state index is -1.04. The third-order valence-corrected chi connectivity index (χ3v) is 4.19. The monoisotopic (exact) mass is 379 g/mol. The summed E-state index contributed by atoms with van der Waals surface area (Å²) in [6.07, 6.45) is 1.63. The molecule has 0 aliphatic heterocycles. The first-order valence-corrected chi connectivity index (χ1v) is 8.73. The quantitative estimate of drug-likeness (QED) is 0.708. The van der Waals surface area contributed by atoms with Crippen molar-refractivity contribution in [2.45, 2.75) is 45.1 Å². The van der Waals surface area contributed by atoms with Gasteiger partial charge in [-0.05, 0) is 37.6 Å². The van der Waals surface area contributed by atoms with Crippen LogP contribution in [0.5, 0.6) is 0 Å². The Labute approximate surface area is 157 Å². The van der Waals surface area contributed by atoms with Crippen molar-refractivity contribution in [2.75, 3.05) is 7.11 Å². The number of methoxy groups -OCH3 is 1. The first-order chi connectivity index (χ1) is 12.4. The summed E-state index contributed by atoms with van der Waals surface area (Å²) in [6, 6.07) is 7.05. The zero-order valence-corrected chi connectivity index (χ0v) is 15.8. The second-order valence-corrected chi connectivity index (χ2v) is 6.58. The van der Waals surface area contributed by atoms with Crippen LogP contribution in [0.15, 0.2) is 28.8 Å². The van der Waals surface area contributed by atoms with Gasteiger partial charge in [0.15, 0.2) is 0 Å². The molecule has 8 heteroatoms. The molecule has 1 heterocycles. The molecular formula is C18H22ClN3O4. The molecule has 1 N–H and O–H groups in total. The maximum Gasteiger partial charge on any atom is 0.331 e. The van der Waals surface area contributed by atoms with Crippen LogP contribution in [0.3, 0.4) is 0 Å². The van der Waals surface area contributed by atoms with Gasteiger partial charge in [-0.1, -0.05) is 30.1 Å². The summed E-state index contributed by atoms with van der Waals surface area (Å²) in [7, 11) is 1.30. The molecule has 1 atom stereocenters. The number of nitrogens with zero attached hydrogens (tertiary/aromatic N) is 2. The number of nitrogens with one attached hydrogen (secondary N) is 1. The molecule has 0 radical (unpaired) electrons. The van der Waals surface area contributed by atoms with E-state index in [1.807, 2.05) is 6.92 Å². The van der Waals surface area contributed by atoms with Gasteiger partial charge < -0.3 is 14.6 Å². The van der Waals surface area contributed by atoms with Gasteiger partial charge in [-0.3, -0.25) is 4.79 Å². The lowest BCUT2D eigenvalue weighted by Crippen LogP contribution is -2.52. The second kappa shape index (κ2) is 8.80. The average Bonchev–Trinajstić information content (AvgIpc) is 3.09. The molecule has 140 valence electrons. The minimum absolute atomic E-state index is 0.124. The predicted molar refractivity (Wildman–Crippen MR) is 96.5 cm³/mol. The summed E-state index contributed by atoms with van der Waals surface area (Å²) in [5.74, 6) is 0.0379. The van der Waals surface area contributed by atoms with Gasteiger partial charge >= 0.3 is 5.97 Å². The summed E-state index contributed by atoms with van der Waals surface area (Å²) in [5.41, 5.74) is -0.265. The first kappa shape index (κ1) is 19.9. The molecule has 0 spiro atoms. The standard InChI is InChI=1S/C18H22ClN3O4/c1-4-11-18(2,17(24)25-3)21-14(23)9-10-15-20-16(22-26-15)12-5-7-13(19)8-6-12/h5-8H,4,9-11H2,1-3H3,(H,21,23). The third-order valence-electron chi connectivity index (χ3n) is 3.94. The van der Waals surface area contributed by atoms with Crippen molar-refractivity contribution in [1.29, 1.82) is 0 Å². The van der Waals surface area contributed by atoms with E-state index in [1.165, 1.54) is 7.11 Å².